The van der Waals surface area contributed by atoms with Crippen molar-refractivity contribution in [3.05, 3.63) is 42.2 Å². The number of para-hydroxylation sites is 1. The van der Waals surface area contributed by atoms with Crippen molar-refractivity contribution in [1.29, 1.82) is 0 Å². The minimum atomic E-state index is -0.785. The molecule has 1 aromatic carbocycles. The highest BCUT2D eigenvalue weighted by Gasteiger charge is 2.22. The number of aromatic nitrogens is 2. The Morgan fingerprint density at radius 1 is 1.12 bits per heavy atom. The summed E-state index contributed by atoms with van der Waals surface area (Å²) < 4.78 is 1.34. The number of carbonyl (C=O) groups is 3. The van der Waals surface area contributed by atoms with Crippen LogP contribution in [0.15, 0.2) is 36.5 Å². The van der Waals surface area contributed by atoms with Crippen LogP contribution < -0.4 is 16.2 Å². The molecule has 4 N–H and O–H groups in total. The lowest BCUT2D eigenvalue weighted by atomic mass is 9.96. The van der Waals surface area contributed by atoms with E-state index in [2.05, 4.69) is 21.3 Å². The molecule has 0 unspecified atom stereocenters. The Hall–Kier alpha value is -3.36. The van der Waals surface area contributed by atoms with E-state index in [9.17, 15) is 19.5 Å². The number of nitrogens with one attached hydrogen (secondary N) is 3. The average Bonchev–Trinajstić information content (AvgIpc) is 2.99. The minimum Gasteiger partial charge on any atom is -0.504 e. The lowest BCUT2D eigenvalue weighted by Crippen LogP contribution is -2.48. The second-order valence-electron chi connectivity index (χ2n) is 6.58. The maximum atomic E-state index is 12.1. The zero-order valence-electron chi connectivity index (χ0n) is 14.7. The van der Waals surface area contributed by atoms with Crippen LogP contribution in [0.2, 0.25) is 0 Å². The van der Waals surface area contributed by atoms with Crippen LogP contribution in [0.3, 0.4) is 0 Å². The van der Waals surface area contributed by atoms with E-state index in [4.69, 9.17) is 0 Å². The molecule has 3 amide bonds. The van der Waals surface area contributed by atoms with Gasteiger partial charge in [-0.2, -0.15) is 5.10 Å². The van der Waals surface area contributed by atoms with Crippen molar-refractivity contribution < 1.29 is 19.5 Å². The van der Waals surface area contributed by atoms with Gasteiger partial charge in [0.25, 0.3) is 11.8 Å². The van der Waals surface area contributed by atoms with Gasteiger partial charge in [0.15, 0.2) is 11.4 Å². The molecule has 0 aliphatic rings. The van der Waals surface area contributed by atoms with Gasteiger partial charge in [-0.1, -0.05) is 39.0 Å². The quantitative estimate of drug-likeness (QED) is 0.592. The Balaban J connectivity index is 1.91. The van der Waals surface area contributed by atoms with Gasteiger partial charge in [0.2, 0.25) is 5.91 Å². The Bertz CT molecular complexity index is 808. The topological polar surface area (TPSA) is 125 Å². The van der Waals surface area contributed by atoms with Crippen molar-refractivity contribution in [1.82, 2.24) is 25.9 Å². The number of benzene rings is 1. The molecule has 0 bridgehead atoms. The van der Waals surface area contributed by atoms with E-state index in [-0.39, 0.29) is 23.9 Å². The van der Waals surface area contributed by atoms with E-state index in [1.165, 1.54) is 10.9 Å². The van der Waals surface area contributed by atoms with Gasteiger partial charge in [-0.3, -0.25) is 25.2 Å². The Labute approximate surface area is 150 Å². The zero-order valence-corrected chi connectivity index (χ0v) is 14.7. The van der Waals surface area contributed by atoms with Crippen LogP contribution in [0.4, 0.5) is 0 Å². The van der Waals surface area contributed by atoms with Gasteiger partial charge in [0.05, 0.1) is 18.4 Å². The molecule has 1 aromatic heterocycles. The fraction of sp³-hybridized carbons (Fsp3) is 0.294. The first kappa shape index (κ1) is 19.0. The van der Waals surface area contributed by atoms with Crippen molar-refractivity contribution in [2.24, 2.45) is 5.41 Å². The van der Waals surface area contributed by atoms with E-state index in [0.717, 1.165) is 0 Å². The molecule has 138 valence electrons. The molecule has 2 rings (SSSR count). The molecule has 0 spiro atoms. The molecule has 0 aliphatic heterocycles. The van der Waals surface area contributed by atoms with E-state index in [1.807, 2.05) is 6.07 Å². The van der Waals surface area contributed by atoms with E-state index >= 15 is 0 Å². The van der Waals surface area contributed by atoms with Crippen molar-refractivity contribution in [2.45, 2.75) is 20.8 Å². The molecule has 1 heterocycles. The molecule has 0 fully saturated rings. The third kappa shape index (κ3) is 4.82. The van der Waals surface area contributed by atoms with Crippen molar-refractivity contribution in [2.75, 3.05) is 6.54 Å². The maximum absolute atomic E-state index is 12.1. The van der Waals surface area contributed by atoms with Crippen LogP contribution in [0.5, 0.6) is 5.75 Å². The molecule has 2 aromatic rings. The van der Waals surface area contributed by atoms with Gasteiger partial charge in [-0.25, -0.2) is 4.68 Å². The van der Waals surface area contributed by atoms with E-state index in [1.54, 1.807) is 45.0 Å². The number of carbonyl (C=O) groups excluding carboxylic acids is 3. The fourth-order valence-electron chi connectivity index (χ4n) is 1.90. The summed E-state index contributed by atoms with van der Waals surface area (Å²) in [4.78, 5) is 35.4. The summed E-state index contributed by atoms with van der Waals surface area (Å²) in [6.07, 6.45) is 1.29. The first-order chi connectivity index (χ1) is 12.2. The predicted octanol–water partition coefficient (Wildman–Crippen LogP) is 0.501. The predicted molar refractivity (Wildman–Crippen MR) is 93.3 cm³/mol. The SMILES string of the molecule is CC(C)(C)C(=O)NCC(=O)NNC(=O)c1nn(-c2ccccc2)cc1O. The number of aromatic hydroxyl groups is 1. The molecular formula is C17H21N5O4. The van der Waals surface area contributed by atoms with Gasteiger partial charge in [0.1, 0.15) is 0 Å². The highest BCUT2D eigenvalue weighted by Crippen LogP contribution is 2.17. The third-order valence-electron chi connectivity index (χ3n) is 3.34. The molecular weight excluding hydrogens is 338 g/mol. The summed E-state index contributed by atoms with van der Waals surface area (Å²) in [5, 5.41) is 16.3. The Kier molecular flexibility index (Phi) is 5.61. The second kappa shape index (κ2) is 7.68. The Morgan fingerprint density at radius 2 is 1.77 bits per heavy atom. The number of rotatable bonds is 4. The maximum Gasteiger partial charge on any atom is 0.294 e. The summed E-state index contributed by atoms with van der Waals surface area (Å²) in [5.41, 5.74) is 4.09. The van der Waals surface area contributed by atoms with Crippen molar-refractivity contribution in [3.63, 3.8) is 0 Å². The lowest BCUT2D eigenvalue weighted by molar-refractivity contribution is -0.131. The molecule has 0 saturated heterocycles. The monoisotopic (exact) mass is 359 g/mol. The number of hydrazine groups is 1. The molecule has 9 nitrogen and oxygen atoms in total. The Morgan fingerprint density at radius 3 is 2.38 bits per heavy atom. The normalized spacial score (nSPS) is 10.9. The van der Waals surface area contributed by atoms with Crippen LogP contribution in [0.1, 0.15) is 31.3 Å². The van der Waals surface area contributed by atoms with E-state index < -0.39 is 17.2 Å². The number of hydrogen-bond acceptors (Lipinski definition) is 5. The number of hydrogen-bond donors (Lipinski definition) is 4. The molecule has 0 saturated carbocycles. The molecule has 9 heteroatoms. The smallest absolute Gasteiger partial charge is 0.294 e. The summed E-state index contributed by atoms with van der Waals surface area (Å²) in [5.74, 6) is -2.02. The zero-order chi connectivity index (χ0) is 19.3. The van der Waals surface area contributed by atoms with Crippen LogP contribution in [-0.2, 0) is 9.59 Å². The van der Waals surface area contributed by atoms with Crippen LogP contribution in [-0.4, -0.2) is 39.2 Å². The largest absolute Gasteiger partial charge is 0.504 e. The summed E-state index contributed by atoms with van der Waals surface area (Å²) in [6, 6.07) is 8.93. The summed E-state index contributed by atoms with van der Waals surface area (Å²) in [7, 11) is 0. The van der Waals surface area contributed by atoms with Crippen LogP contribution in [0.25, 0.3) is 5.69 Å². The van der Waals surface area contributed by atoms with Crippen LogP contribution in [0, 0.1) is 5.41 Å². The third-order valence-corrected chi connectivity index (χ3v) is 3.34. The summed E-state index contributed by atoms with van der Waals surface area (Å²) >= 11 is 0. The molecule has 0 atom stereocenters. The standard InChI is InChI=1S/C17H21N5O4/c1-17(2,3)16(26)18-9-13(24)19-20-15(25)14-12(23)10-22(21-14)11-7-5-4-6-8-11/h4-8,10,23H,9H2,1-3H3,(H,18,26)(H,19,24)(H,20,25). The van der Waals surface area contributed by atoms with Crippen molar-refractivity contribution in [3.8, 4) is 11.4 Å². The highest BCUT2D eigenvalue weighted by molar-refractivity contribution is 5.96. The van der Waals surface area contributed by atoms with E-state index in [0.29, 0.717) is 5.69 Å². The van der Waals surface area contributed by atoms with Gasteiger partial charge in [-0.05, 0) is 12.1 Å². The molecule has 0 radical (unpaired) electrons. The number of amides is 3. The first-order valence-corrected chi connectivity index (χ1v) is 7.90. The fourth-order valence-corrected chi connectivity index (χ4v) is 1.90. The highest BCUT2D eigenvalue weighted by atomic mass is 16.3. The van der Waals surface area contributed by atoms with Crippen LogP contribution >= 0.6 is 0 Å². The van der Waals surface area contributed by atoms with Gasteiger partial charge >= 0.3 is 0 Å². The average molecular weight is 359 g/mol. The minimum absolute atomic E-state index is 0.243. The van der Waals surface area contributed by atoms with Gasteiger partial charge in [0, 0.05) is 5.41 Å². The molecule has 26 heavy (non-hydrogen) atoms. The molecule has 0 aliphatic carbocycles. The summed E-state index contributed by atoms with van der Waals surface area (Å²) in [6.45, 7) is 4.86. The first-order valence-electron chi connectivity index (χ1n) is 7.90. The number of nitrogens with zero attached hydrogens (tertiary/aromatic N) is 2. The van der Waals surface area contributed by atoms with Crippen molar-refractivity contribution >= 4 is 17.7 Å². The van der Waals surface area contributed by atoms with Gasteiger partial charge in [-0.15, -0.1) is 0 Å². The van der Waals surface area contributed by atoms with Gasteiger partial charge < -0.3 is 10.4 Å². The second-order valence-corrected chi connectivity index (χ2v) is 6.58. The lowest BCUT2D eigenvalue weighted by Gasteiger charge is -2.17.